The third-order valence-electron chi connectivity index (χ3n) is 5.62. The van der Waals surface area contributed by atoms with Crippen molar-refractivity contribution in [2.24, 2.45) is 0 Å². The summed E-state index contributed by atoms with van der Waals surface area (Å²) in [7, 11) is 0. The molecule has 2 heterocycles. The lowest BCUT2D eigenvalue weighted by Gasteiger charge is -2.25. The number of ether oxygens (including phenoxy) is 1. The fraction of sp³-hybridized carbons (Fsp3) is 0.192. The number of aryl methyl sites for hydroxylation is 1. The number of amides is 1. The number of halogens is 1. The molecule has 0 radical (unpaired) electrons. The first kappa shape index (κ1) is 23.3. The standard InChI is InChI=1S/C26H24ClN3O4/c1-2-15-34-21-9-7-18(8-10-21)24(31)22-23(19-5-3-6-20(27)16-19)30(26(33)25(22)32)13-4-12-29-14-11-28-17-29/h2-3,5-11,14,16-17,23H,1,4,12-13,15H2,(H,31,32)/p+1. The van der Waals surface area contributed by atoms with Crippen molar-refractivity contribution in [3.8, 4) is 5.75 Å². The highest BCUT2D eigenvalue weighted by atomic mass is 35.5. The van der Waals surface area contributed by atoms with E-state index < -0.39 is 17.7 Å². The minimum atomic E-state index is -0.744. The maximum atomic E-state index is 13.1. The van der Waals surface area contributed by atoms with Crippen LogP contribution < -0.4 is 9.30 Å². The van der Waals surface area contributed by atoms with Crippen molar-refractivity contribution in [1.82, 2.24) is 9.88 Å². The largest absolute Gasteiger partial charge is 0.507 e. The Hall–Kier alpha value is -3.84. The number of benzene rings is 2. The number of hydrogen-bond acceptors (Lipinski definition) is 4. The molecule has 0 saturated carbocycles. The SMILES string of the molecule is C=CCOc1ccc(/C(O)=C2\C(=O)C(=O)N(CCC[n+]3cc[nH]c3)C2c2cccc(Cl)c2)cc1. The average molecular weight is 479 g/mol. The zero-order chi connectivity index (χ0) is 24.1. The van der Waals surface area contributed by atoms with Crippen LogP contribution in [0.1, 0.15) is 23.6 Å². The van der Waals surface area contributed by atoms with Gasteiger partial charge in [-0.15, -0.1) is 0 Å². The van der Waals surface area contributed by atoms with Gasteiger partial charge in [-0.05, 0) is 42.0 Å². The molecule has 0 aliphatic carbocycles. The molecular weight excluding hydrogens is 454 g/mol. The summed E-state index contributed by atoms with van der Waals surface area (Å²) in [6.07, 6.45) is 7.79. The first-order chi connectivity index (χ1) is 16.5. The lowest BCUT2D eigenvalue weighted by Crippen LogP contribution is -2.36. The van der Waals surface area contributed by atoms with Crippen LogP contribution in [0.3, 0.4) is 0 Å². The Kier molecular flexibility index (Phi) is 7.13. The smallest absolute Gasteiger partial charge is 0.295 e. The van der Waals surface area contributed by atoms with E-state index in [4.69, 9.17) is 16.3 Å². The first-order valence-electron chi connectivity index (χ1n) is 10.9. The molecule has 2 N–H and O–H groups in total. The number of H-pyrrole nitrogens is 1. The van der Waals surface area contributed by atoms with Gasteiger partial charge in [-0.2, -0.15) is 0 Å². The minimum absolute atomic E-state index is 0.0429. The predicted octanol–water partition coefficient (Wildman–Crippen LogP) is 4.03. The molecule has 1 aliphatic heterocycles. The highest BCUT2D eigenvalue weighted by Crippen LogP contribution is 2.40. The van der Waals surface area contributed by atoms with Crippen LogP contribution in [0.5, 0.6) is 5.75 Å². The number of aromatic amines is 1. The van der Waals surface area contributed by atoms with E-state index in [2.05, 4.69) is 11.6 Å². The molecule has 4 rings (SSSR count). The predicted molar refractivity (Wildman–Crippen MR) is 128 cm³/mol. The number of rotatable bonds is 9. The molecule has 1 aromatic heterocycles. The van der Waals surface area contributed by atoms with Gasteiger partial charge in [-0.25, -0.2) is 4.57 Å². The van der Waals surface area contributed by atoms with Crippen molar-refractivity contribution in [1.29, 1.82) is 0 Å². The Labute approximate surface area is 202 Å². The maximum Gasteiger partial charge on any atom is 0.295 e. The topological polar surface area (TPSA) is 86.5 Å². The molecule has 1 fully saturated rings. The summed E-state index contributed by atoms with van der Waals surface area (Å²) in [5.74, 6) is -0.994. The fourth-order valence-electron chi connectivity index (χ4n) is 4.04. The van der Waals surface area contributed by atoms with E-state index in [1.165, 1.54) is 4.90 Å². The quantitative estimate of drug-likeness (QED) is 0.160. The van der Waals surface area contributed by atoms with E-state index >= 15 is 0 Å². The number of Topliss-reactive ketones (excluding diaryl/α,β-unsaturated/α-hetero) is 1. The van der Waals surface area contributed by atoms with Gasteiger partial charge in [0.2, 0.25) is 6.33 Å². The van der Waals surface area contributed by atoms with Crippen LogP contribution in [0, 0.1) is 0 Å². The zero-order valence-corrected chi connectivity index (χ0v) is 19.2. The third kappa shape index (κ3) is 4.89. The summed E-state index contributed by atoms with van der Waals surface area (Å²) in [6.45, 7) is 4.98. The molecule has 1 amide bonds. The Morgan fingerprint density at radius 3 is 2.71 bits per heavy atom. The Bertz CT molecular complexity index is 1220. The van der Waals surface area contributed by atoms with E-state index in [1.807, 2.05) is 23.3 Å². The Balaban J connectivity index is 1.69. The van der Waals surface area contributed by atoms with Crippen molar-refractivity contribution >= 4 is 29.1 Å². The first-order valence-corrected chi connectivity index (χ1v) is 11.3. The van der Waals surface area contributed by atoms with E-state index in [0.29, 0.717) is 48.0 Å². The van der Waals surface area contributed by atoms with Gasteiger partial charge in [0.15, 0.2) is 0 Å². The van der Waals surface area contributed by atoms with Gasteiger partial charge < -0.3 is 14.7 Å². The van der Waals surface area contributed by atoms with Crippen LogP contribution in [0.15, 0.2) is 85.5 Å². The number of carbonyl (C=O) groups excluding carboxylic acids is 2. The average Bonchev–Trinajstić information content (AvgIpc) is 3.45. The van der Waals surface area contributed by atoms with Crippen LogP contribution in [-0.2, 0) is 16.1 Å². The van der Waals surface area contributed by atoms with Gasteiger partial charge in [0.05, 0.1) is 18.2 Å². The molecule has 1 aliphatic rings. The van der Waals surface area contributed by atoms with Gasteiger partial charge >= 0.3 is 0 Å². The van der Waals surface area contributed by atoms with Gasteiger partial charge in [-0.1, -0.05) is 36.4 Å². The monoisotopic (exact) mass is 478 g/mol. The highest BCUT2D eigenvalue weighted by molar-refractivity contribution is 6.46. The number of aliphatic hydroxyl groups excluding tert-OH is 1. The van der Waals surface area contributed by atoms with Gasteiger partial charge in [0.25, 0.3) is 11.7 Å². The molecule has 8 heteroatoms. The lowest BCUT2D eigenvalue weighted by molar-refractivity contribution is -0.695. The van der Waals surface area contributed by atoms with Crippen molar-refractivity contribution < 1.29 is 24.0 Å². The Morgan fingerprint density at radius 1 is 1.24 bits per heavy atom. The van der Waals surface area contributed by atoms with Crippen molar-refractivity contribution in [3.05, 3.63) is 102 Å². The molecule has 1 atom stereocenters. The zero-order valence-electron chi connectivity index (χ0n) is 18.5. The fourth-order valence-corrected chi connectivity index (χ4v) is 4.24. The summed E-state index contributed by atoms with van der Waals surface area (Å²) >= 11 is 6.22. The second-order valence-electron chi connectivity index (χ2n) is 7.87. The summed E-state index contributed by atoms with van der Waals surface area (Å²) in [4.78, 5) is 30.6. The van der Waals surface area contributed by atoms with E-state index in [1.54, 1.807) is 54.6 Å². The molecule has 34 heavy (non-hydrogen) atoms. The van der Waals surface area contributed by atoms with Gasteiger partial charge in [0, 0.05) is 23.6 Å². The summed E-state index contributed by atoms with van der Waals surface area (Å²) in [6, 6.07) is 12.9. The van der Waals surface area contributed by atoms with E-state index in [-0.39, 0.29) is 11.3 Å². The van der Waals surface area contributed by atoms with Crippen molar-refractivity contribution in [3.63, 3.8) is 0 Å². The molecule has 2 aromatic carbocycles. The molecule has 3 aromatic rings. The minimum Gasteiger partial charge on any atom is -0.507 e. The number of imidazole rings is 1. The van der Waals surface area contributed by atoms with Crippen LogP contribution >= 0.6 is 11.6 Å². The number of nitrogens with one attached hydrogen (secondary N) is 1. The van der Waals surface area contributed by atoms with E-state index in [9.17, 15) is 14.7 Å². The summed E-state index contributed by atoms with van der Waals surface area (Å²) in [5, 5.41) is 11.6. The maximum absolute atomic E-state index is 13.1. The van der Waals surface area contributed by atoms with E-state index in [0.717, 1.165) is 0 Å². The van der Waals surface area contributed by atoms with Crippen molar-refractivity contribution in [2.45, 2.75) is 19.0 Å². The molecular formula is C26H25ClN3O4+. The number of carbonyl (C=O) groups is 2. The molecule has 174 valence electrons. The number of likely N-dealkylation sites (tertiary alicyclic amines) is 1. The summed E-state index contributed by atoms with van der Waals surface area (Å²) < 4.78 is 7.44. The molecule has 0 spiro atoms. The van der Waals surface area contributed by atoms with Crippen LogP contribution in [0.25, 0.3) is 5.76 Å². The van der Waals surface area contributed by atoms with Gasteiger partial charge in [0.1, 0.15) is 30.5 Å². The number of aliphatic hydroxyl groups is 1. The highest BCUT2D eigenvalue weighted by Gasteiger charge is 2.45. The molecule has 0 bridgehead atoms. The lowest BCUT2D eigenvalue weighted by atomic mass is 9.95. The third-order valence-corrected chi connectivity index (χ3v) is 5.85. The van der Waals surface area contributed by atoms with Crippen LogP contribution in [0.2, 0.25) is 5.02 Å². The van der Waals surface area contributed by atoms with Crippen molar-refractivity contribution in [2.75, 3.05) is 13.2 Å². The number of ketones is 1. The second-order valence-corrected chi connectivity index (χ2v) is 8.31. The Morgan fingerprint density at radius 2 is 2.03 bits per heavy atom. The number of hydrogen-bond donors (Lipinski definition) is 2. The molecule has 1 saturated heterocycles. The molecule has 7 nitrogen and oxygen atoms in total. The molecule has 1 unspecified atom stereocenters. The second kappa shape index (κ2) is 10.4. The number of nitrogens with zero attached hydrogens (tertiary/aromatic N) is 2. The van der Waals surface area contributed by atoms with Gasteiger partial charge in [-0.3, -0.25) is 14.6 Å². The summed E-state index contributed by atoms with van der Waals surface area (Å²) in [5.41, 5.74) is 1.12. The van der Waals surface area contributed by atoms with Crippen LogP contribution in [0.4, 0.5) is 0 Å². The normalized spacial score (nSPS) is 17.2. The number of aromatic nitrogens is 2. The van der Waals surface area contributed by atoms with Crippen LogP contribution in [-0.4, -0.2) is 39.8 Å².